The lowest BCUT2D eigenvalue weighted by molar-refractivity contribution is -0.127. The van der Waals surface area contributed by atoms with Crippen molar-refractivity contribution in [3.8, 4) is 0 Å². The SMILES string of the molecule is CC(=O)NCC(=O)NCC(=O)NC(C)Cc1ccc2ccccc2c1. The van der Waals surface area contributed by atoms with E-state index in [2.05, 4.69) is 46.3 Å². The molecule has 0 heterocycles. The summed E-state index contributed by atoms with van der Waals surface area (Å²) < 4.78 is 0. The van der Waals surface area contributed by atoms with E-state index in [9.17, 15) is 14.4 Å². The molecule has 3 amide bonds. The van der Waals surface area contributed by atoms with Crippen LogP contribution in [0.4, 0.5) is 0 Å². The Morgan fingerprint density at radius 3 is 2.32 bits per heavy atom. The van der Waals surface area contributed by atoms with Crippen molar-refractivity contribution in [1.29, 1.82) is 0 Å². The van der Waals surface area contributed by atoms with Crippen LogP contribution in [0.5, 0.6) is 0 Å². The van der Waals surface area contributed by atoms with E-state index < -0.39 is 5.91 Å². The van der Waals surface area contributed by atoms with Gasteiger partial charge < -0.3 is 16.0 Å². The van der Waals surface area contributed by atoms with Crippen molar-refractivity contribution in [2.45, 2.75) is 26.3 Å². The molecule has 2 aromatic rings. The number of hydrogen-bond donors (Lipinski definition) is 3. The second kappa shape index (κ2) is 8.82. The maximum absolute atomic E-state index is 11.9. The van der Waals surface area contributed by atoms with Crippen LogP contribution in [0.1, 0.15) is 19.4 Å². The summed E-state index contributed by atoms with van der Waals surface area (Å²) in [6.07, 6.45) is 0.705. The lowest BCUT2D eigenvalue weighted by Gasteiger charge is -2.15. The van der Waals surface area contributed by atoms with E-state index in [0.717, 1.165) is 5.56 Å². The zero-order chi connectivity index (χ0) is 18.2. The van der Waals surface area contributed by atoms with Gasteiger partial charge in [-0.25, -0.2) is 0 Å². The maximum Gasteiger partial charge on any atom is 0.239 e. The summed E-state index contributed by atoms with van der Waals surface area (Å²) in [5.74, 6) is -0.944. The standard InChI is InChI=1S/C19H23N3O3/c1-13(22-19(25)12-21-18(24)11-20-14(2)23)9-15-7-8-16-5-3-4-6-17(16)10-15/h3-8,10,13H,9,11-12H2,1-2H3,(H,20,23)(H,21,24)(H,22,25). The molecule has 25 heavy (non-hydrogen) atoms. The highest BCUT2D eigenvalue weighted by molar-refractivity contribution is 5.87. The van der Waals surface area contributed by atoms with Gasteiger partial charge in [0.25, 0.3) is 0 Å². The Balaban J connectivity index is 1.78. The van der Waals surface area contributed by atoms with Crippen molar-refractivity contribution in [2.24, 2.45) is 0 Å². The van der Waals surface area contributed by atoms with Gasteiger partial charge in [0.05, 0.1) is 13.1 Å². The smallest absolute Gasteiger partial charge is 0.239 e. The molecule has 0 fully saturated rings. The Kier molecular flexibility index (Phi) is 6.51. The van der Waals surface area contributed by atoms with Crippen molar-refractivity contribution in [3.05, 3.63) is 48.0 Å². The minimum absolute atomic E-state index is 0.0547. The lowest BCUT2D eigenvalue weighted by atomic mass is 10.0. The van der Waals surface area contributed by atoms with Gasteiger partial charge in [-0.15, -0.1) is 0 Å². The Labute approximate surface area is 147 Å². The van der Waals surface area contributed by atoms with Crippen LogP contribution in [0.25, 0.3) is 10.8 Å². The molecule has 0 aliphatic rings. The average molecular weight is 341 g/mol. The summed E-state index contributed by atoms with van der Waals surface area (Å²) in [7, 11) is 0. The molecule has 0 bridgehead atoms. The first-order valence-electron chi connectivity index (χ1n) is 8.22. The molecule has 1 unspecified atom stereocenters. The predicted molar refractivity (Wildman–Crippen MR) is 97.0 cm³/mol. The van der Waals surface area contributed by atoms with Crippen molar-refractivity contribution in [2.75, 3.05) is 13.1 Å². The molecule has 1 atom stereocenters. The molecule has 6 nitrogen and oxygen atoms in total. The monoisotopic (exact) mass is 341 g/mol. The number of nitrogens with one attached hydrogen (secondary N) is 3. The molecule has 0 saturated carbocycles. The van der Waals surface area contributed by atoms with Gasteiger partial charge in [0.2, 0.25) is 17.7 Å². The quantitative estimate of drug-likeness (QED) is 0.706. The molecular formula is C19H23N3O3. The summed E-state index contributed by atoms with van der Waals surface area (Å²) >= 11 is 0. The summed E-state index contributed by atoms with van der Waals surface area (Å²) in [6, 6.07) is 14.3. The first kappa shape index (κ1) is 18.4. The number of hydrogen-bond acceptors (Lipinski definition) is 3. The highest BCUT2D eigenvalue weighted by Crippen LogP contribution is 2.16. The summed E-state index contributed by atoms with van der Waals surface area (Å²) in [5.41, 5.74) is 1.14. The van der Waals surface area contributed by atoms with Gasteiger partial charge in [0.15, 0.2) is 0 Å². The third-order valence-electron chi connectivity index (χ3n) is 3.71. The molecule has 2 rings (SSSR count). The van der Waals surface area contributed by atoms with Gasteiger partial charge in [-0.2, -0.15) is 0 Å². The largest absolute Gasteiger partial charge is 0.352 e. The zero-order valence-corrected chi connectivity index (χ0v) is 14.5. The fourth-order valence-electron chi connectivity index (χ4n) is 2.54. The van der Waals surface area contributed by atoms with Gasteiger partial charge in [0, 0.05) is 13.0 Å². The third-order valence-corrected chi connectivity index (χ3v) is 3.71. The van der Waals surface area contributed by atoms with Crippen LogP contribution in [-0.2, 0) is 20.8 Å². The number of amides is 3. The minimum atomic E-state index is -0.396. The Hall–Kier alpha value is -2.89. The van der Waals surface area contributed by atoms with Crippen molar-refractivity contribution in [3.63, 3.8) is 0 Å². The highest BCUT2D eigenvalue weighted by atomic mass is 16.2. The van der Waals surface area contributed by atoms with Crippen molar-refractivity contribution < 1.29 is 14.4 Å². The third kappa shape index (κ3) is 6.25. The molecule has 0 aliphatic heterocycles. The topological polar surface area (TPSA) is 87.3 Å². The average Bonchev–Trinajstić information content (AvgIpc) is 2.58. The van der Waals surface area contributed by atoms with Crippen LogP contribution in [0.2, 0.25) is 0 Å². The zero-order valence-electron chi connectivity index (χ0n) is 14.5. The first-order chi connectivity index (χ1) is 11.9. The predicted octanol–water partition coefficient (Wildman–Crippen LogP) is 1.14. The lowest BCUT2D eigenvalue weighted by Crippen LogP contribution is -2.44. The summed E-state index contributed by atoms with van der Waals surface area (Å²) in [6.45, 7) is 3.01. The van der Waals surface area contributed by atoms with Gasteiger partial charge in [-0.05, 0) is 29.7 Å². The molecule has 0 aromatic heterocycles. The second-order valence-corrected chi connectivity index (χ2v) is 6.04. The molecule has 6 heteroatoms. The van der Waals surface area contributed by atoms with E-state index in [1.807, 2.05) is 19.1 Å². The Bertz CT molecular complexity index is 773. The molecule has 0 radical (unpaired) electrons. The van der Waals surface area contributed by atoms with Gasteiger partial charge in [-0.3, -0.25) is 14.4 Å². The van der Waals surface area contributed by atoms with Crippen LogP contribution in [0, 0.1) is 0 Å². The van der Waals surface area contributed by atoms with Gasteiger partial charge >= 0.3 is 0 Å². The van der Waals surface area contributed by atoms with E-state index in [-0.39, 0.29) is 30.9 Å². The number of benzene rings is 2. The minimum Gasteiger partial charge on any atom is -0.352 e. The van der Waals surface area contributed by atoms with E-state index >= 15 is 0 Å². The summed E-state index contributed by atoms with van der Waals surface area (Å²) in [4.78, 5) is 34.0. The molecule has 0 spiro atoms. The van der Waals surface area contributed by atoms with E-state index in [1.54, 1.807) is 0 Å². The van der Waals surface area contributed by atoms with Gasteiger partial charge in [-0.1, -0.05) is 42.5 Å². The first-order valence-corrected chi connectivity index (χ1v) is 8.22. The van der Waals surface area contributed by atoms with Crippen LogP contribution < -0.4 is 16.0 Å². The fraction of sp³-hybridized carbons (Fsp3) is 0.316. The van der Waals surface area contributed by atoms with E-state index in [1.165, 1.54) is 17.7 Å². The number of carbonyl (C=O) groups excluding carboxylic acids is 3. The van der Waals surface area contributed by atoms with E-state index in [0.29, 0.717) is 6.42 Å². The van der Waals surface area contributed by atoms with Crippen LogP contribution >= 0.6 is 0 Å². The molecular weight excluding hydrogens is 318 g/mol. The second-order valence-electron chi connectivity index (χ2n) is 6.04. The Morgan fingerprint density at radius 1 is 0.920 bits per heavy atom. The normalized spacial score (nSPS) is 11.6. The Morgan fingerprint density at radius 2 is 1.60 bits per heavy atom. The highest BCUT2D eigenvalue weighted by Gasteiger charge is 2.10. The number of carbonyl (C=O) groups is 3. The number of rotatable bonds is 7. The van der Waals surface area contributed by atoms with Crippen molar-refractivity contribution >= 4 is 28.5 Å². The fourth-order valence-corrected chi connectivity index (χ4v) is 2.54. The number of fused-ring (bicyclic) bond motifs is 1. The van der Waals surface area contributed by atoms with Crippen LogP contribution in [0.15, 0.2) is 42.5 Å². The van der Waals surface area contributed by atoms with Crippen LogP contribution in [0.3, 0.4) is 0 Å². The summed E-state index contributed by atoms with van der Waals surface area (Å²) in [5, 5.41) is 10.1. The molecule has 0 saturated heterocycles. The van der Waals surface area contributed by atoms with E-state index in [4.69, 9.17) is 0 Å². The van der Waals surface area contributed by atoms with Gasteiger partial charge in [0.1, 0.15) is 0 Å². The molecule has 3 N–H and O–H groups in total. The van der Waals surface area contributed by atoms with Crippen molar-refractivity contribution in [1.82, 2.24) is 16.0 Å². The molecule has 0 aliphatic carbocycles. The van der Waals surface area contributed by atoms with Crippen LogP contribution in [-0.4, -0.2) is 36.9 Å². The molecule has 2 aromatic carbocycles. The molecule has 132 valence electrons. The maximum atomic E-state index is 11.9.